The highest BCUT2D eigenvalue weighted by Crippen LogP contribution is 2.36. The standard InChI is InChI=1S/C15H20ClN3O/c16-13-7-12(8-18-14(13)17)15(20)19-6-5-10-3-1-2-4-11(10)9-19/h7-8,10-11H,1-6,9H2,(H2,17,18). The molecule has 4 nitrogen and oxygen atoms in total. The third kappa shape index (κ3) is 2.62. The van der Waals surface area contributed by atoms with Gasteiger partial charge in [-0.15, -0.1) is 0 Å². The number of aromatic nitrogens is 1. The zero-order valence-corrected chi connectivity index (χ0v) is 12.3. The average molecular weight is 294 g/mol. The van der Waals surface area contributed by atoms with Gasteiger partial charge in [-0.05, 0) is 30.7 Å². The van der Waals surface area contributed by atoms with E-state index >= 15 is 0 Å². The lowest BCUT2D eigenvalue weighted by Gasteiger charge is -2.41. The summed E-state index contributed by atoms with van der Waals surface area (Å²) in [5.41, 5.74) is 6.13. The van der Waals surface area contributed by atoms with Crippen LogP contribution >= 0.6 is 11.6 Å². The SMILES string of the molecule is Nc1ncc(C(=O)N2CCC3CCCCC3C2)cc1Cl. The Bertz CT molecular complexity index is 520. The second kappa shape index (κ2) is 5.60. The smallest absolute Gasteiger partial charge is 0.255 e. The lowest BCUT2D eigenvalue weighted by atomic mass is 9.75. The molecule has 2 aliphatic rings. The normalized spacial score (nSPS) is 26.1. The Morgan fingerprint density at radius 1 is 1.30 bits per heavy atom. The van der Waals surface area contributed by atoms with Crippen molar-refractivity contribution >= 4 is 23.3 Å². The maximum atomic E-state index is 12.5. The molecule has 1 amide bonds. The molecule has 108 valence electrons. The Balaban J connectivity index is 1.72. The molecule has 0 radical (unpaired) electrons. The van der Waals surface area contributed by atoms with Crippen LogP contribution in [0.2, 0.25) is 5.02 Å². The van der Waals surface area contributed by atoms with E-state index in [0.29, 0.717) is 16.5 Å². The van der Waals surface area contributed by atoms with Crippen molar-refractivity contribution in [3.05, 3.63) is 22.8 Å². The number of carbonyl (C=O) groups is 1. The number of piperidine rings is 1. The molecule has 5 heteroatoms. The number of rotatable bonds is 1. The van der Waals surface area contributed by atoms with Crippen LogP contribution in [0.1, 0.15) is 42.5 Å². The van der Waals surface area contributed by atoms with Crippen LogP contribution in [0.3, 0.4) is 0 Å². The Hall–Kier alpha value is -1.29. The van der Waals surface area contributed by atoms with Crippen LogP contribution in [0.25, 0.3) is 0 Å². The third-order valence-electron chi connectivity index (χ3n) is 4.70. The predicted molar refractivity (Wildman–Crippen MR) is 79.6 cm³/mol. The Labute approximate surface area is 124 Å². The van der Waals surface area contributed by atoms with E-state index in [1.165, 1.54) is 31.9 Å². The summed E-state index contributed by atoms with van der Waals surface area (Å²) in [6.07, 6.45) is 7.91. The highest BCUT2D eigenvalue weighted by Gasteiger charge is 2.33. The summed E-state index contributed by atoms with van der Waals surface area (Å²) in [6.45, 7) is 1.73. The van der Waals surface area contributed by atoms with Gasteiger partial charge in [0.2, 0.25) is 0 Å². The van der Waals surface area contributed by atoms with Gasteiger partial charge in [-0.2, -0.15) is 0 Å². The summed E-state index contributed by atoms with van der Waals surface area (Å²) in [5.74, 6) is 1.80. The van der Waals surface area contributed by atoms with Crippen molar-refractivity contribution < 1.29 is 4.79 Å². The van der Waals surface area contributed by atoms with E-state index < -0.39 is 0 Å². The molecule has 2 fully saturated rings. The van der Waals surface area contributed by atoms with Crippen LogP contribution in [0, 0.1) is 11.8 Å². The second-order valence-electron chi connectivity index (χ2n) is 5.94. The van der Waals surface area contributed by atoms with Gasteiger partial charge in [0, 0.05) is 19.3 Å². The van der Waals surface area contributed by atoms with Crippen LogP contribution in [-0.4, -0.2) is 28.9 Å². The quantitative estimate of drug-likeness (QED) is 0.866. The molecule has 0 bridgehead atoms. The zero-order valence-electron chi connectivity index (χ0n) is 11.5. The number of halogens is 1. The highest BCUT2D eigenvalue weighted by atomic mass is 35.5. The molecule has 1 aliphatic heterocycles. The van der Waals surface area contributed by atoms with Gasteiger partial charge in [-0.3, -0.25) is 4.79 Å². The first kappa shape index (κ1) is 13.7. The van der Waals surface area contributed by atoms with E-state index in [4.69, 9.17) is 17.3 Å². The number of hydrogen-bond acceptors (Lipinski definition) is 3. The van der Waals surface area contributed by atoms with Crippen molar-refractivity contribution in [1.82, 2.24) is 9.88 Å². The van der Waals surface area contributed by atoms with Gasteiger partial charge >= 0.3 is 0 Å². The summed E-state index contributed by atoms with van der Waals surface area (Å²) in [6, 6.07) is 1.62. The molecular formula is C15H20ClN3O. The fourth-order valence-corrected chi connectivity index (χ4v) is 3.70. The van der Waals surface area contributed by atoms with Crippen LogP contribution in [-0.2, 0) is 0 Å². The number of likely N-dealkylation sites (tertiary alicyclic amines) is 1. The minimum Gasteiger partial charge on any atom is -0.382 e. The van der Waals surface area contributed by atoms with Crippen LogP contribution < -0.4 is 5.73 Å². The lowest BCUT2D eigenvalue weighted by Crippen LogP contribution is -2.44. The molecule has 2 heterocycles. The van der Waals surface area contributed by atoms with E-state index in [0.717, 1.165) is 25.4 Å². The second-order valence-corrected chi connectivity index (χ2v) is 6.34. The fourth-order valence-electron chi connectivity index (χ4n) is 3.53. The average Bonchev–Trinajstić information content (AvgIpc) is 2.49. The first-order chi connectivity index (χ1) is 9.65. The number of nitrogen functional groups attached to an aromatic ring is 1. The van der Waals surface area contributed by atoms with E-state index in [2.05, 4.69) is 4.98 Å². The van der Waals surface area contributed by atoms with E-state index in [1.807, 2.05) is 4.90 Å². The summed E-state index contributed by atoms with van der Waals surface area (Å²) < 4.78 is 0. The molecule has 2 unspecified atom stereocenters. The number of amides is 1. The molecule has 0 spiro atoms. The summed E-state index contributed by atoms with van der Waals surface area (Å²) in [5, 5.41) is 0.350. The minimum atomic E-state index is 0.0309. The Morgan fingerprint density at radius 3 is 2.80 bits per heavy atom. The lowest BCUT2D eigenvalue weighted by molar-refractivity contribution is 0.0520. The molecule has 1 aromatic heterocycles. The minimum absolute atomic E-state index is 0.0309. The predicted octanol–water partition coefficient (Wildman–Crippen LogP) is 2.97. The zero-order chi connectivity index (χ0) is 14.1. The number of nitrogens with two attached hydrogens (primary N) is 1. The topological polar surface area (TPSA) is 59.2 Å². The number of pyridine rings is 1. The maximum absolute atomic E-state index is 12.5. The van der Waals surface area contributed by atoms with E-state index in [1.54, 1.807) is 6.07 Å². The summed E-state index contributed by atoms with van der Waals surface area (Å²) >= 11 is 5.95. The van der Waals surface area contributed by atoms with Gasteiger partial charge < -0.3 is 10.6 Å². The maximum Gasteiger partial charge on any atom is 0.255 e. The van der Waals surface area contributed by atoms with Crippen molar-refractivity contribution in [3.63, 3.8) is 0 Å². The molecule has 20 heavy (non-hydrogen) atoms. The molecule has 1 aliphatic carbocycles. The van der Waals surface area contributed by atoms with E-state index in [-0.39, 0.29) is 11.7 Å². The molecule has 1 aromatic rings. The molecule has 1 saturated carbocycles. The van der Waals surface area contributed by atoms with Gasteiger partial charge in [0.1, 0.15) is 5.82 Å². The molecular weight excluding hydrogens is 274 g/mol. The first-order valence-corrected chi connectivity index (χ1v) is 7.73. The van der Waals surface area contributed by atoms with Crippen molar-refractivity contribution in [2.45, 2.75) is 32.1 Å². The molecule has 0 aromatic carbocycles. The van der Waals surface area contributed by atoms with Crippen molar-refractivity contribution in [2.24, 2.45) is 11.8 Å². The van der Waals surface area contributed by atoms with Gasteiger partial charge in [0.15, 0.2) is 0 Å². The number of hydrogen-bond donors (Lipinski definition) is 1. The van der Waals surface area contributed by atoms with Gasteiger partial charge in [-0.25, -0.2) is 4.98 Å². The molecule has 1 saturated heterocycles. The van der Waals surface area contributed by atoms with Crippen LogP contribution in [0.5, 0.6) is 0 Å². The molecule has 2 N–H and O–H groups in total. The van der Waals surface area contributed by atoms with Crippen molar-refractivity contribution in [2.75, 3.05) is 18.8 Å². The largest absolute Gasteiger partial charge is 0.382 e. The van der Waals surface area contributed by atoms with Crippen molar-refractivity contribution in [3.8, 4) is 0 Å². The molecule has 2 atom stereocenters. The van der Waals surface area contributed by atoms with Gasteiger partial charge in [-0.1, -0.05) is 30.9 Å². The number of fused-ring (bicyclic) bond motifs is 1. The van der Waals surface area contributed by atoms with Crippen LogP contribution in [0.15, 0.2) is 12.3 Å². The third-order valence-corrected chi connectivity index (χ3v) is 5.00. The van der Waals surface area contributed by atoms with Gasteiger partial charge in [0.05, 0.1) is 10.6 Å². The summed E-state index contributed by atoms with van der Waals surface area (Å²) in [7, 11) is 0. The van der Waals surface area contributed by atoms with Gasteiger partial charge in [0.25, 0.3) is 5.91 Å². The number of carbonyl (C=O) groups excluding carboxylic acids is 1. The fraction of sp³-hybridized carbons (Fsp3) is 0.600. The monoisotopic (exact) mass is 293 g/mol. The Morgan fingerprint density at radius 2 is 2.05 bits per heavy atom. The number of anilines is 1. The Kier molecular flexibility index (Phi) is 3.83. The van der Waals surface area contributed by atoms with Crippen molar-refractivity contribution in [1.29, 1.82) is 0 Å². The molecule has 3 rings (SSSR count). The summed E-state index contributed by atoms with van der Waals surface area (Å²) in [4.78, 5) is 18.5. The highest BCUT2D eigenvalue weighted by molar-refractivity contribution is 6.33. The first-order valence-electron chi connectivity index (χ1n) is 7.35. The van der Waals surface area contributed by atoms with Crippen LogP contribution in [0.4, 0.5) is 5.82 Å². The number of nitrogens with zero attached hydrogens (tertiary/aromatic N) is 2. The van der Waals surface area contributed by atoms with E-state index in [9.17, 15) is 4.79 Å².